The van der Waals surface area contributed by atoms with E-state index in [0.29, 0.717) is 17.0 Å². The van der Waals surface area contributed by atoms with Crippen LogP contribution in [0, 0.1) is 4.77 Å². The van der Waals surface area contributed by atoms with Gasteiger partial charge in [0.1, 0.15) is 5.75 Å². The van der Waals surface area contributed by atoms with Gasteiger partial charge < -0.3 is 10.1 Å². The highest BCUT2D eigenvalue weighted by Crippen LogP contribution is 2.15. The Morgan fingerprint density at radius 3 is 2.89 bits per heavy atom. The minimum atomic E-state index is -0.987. The molecule has 2 aromatic rings. The van der Waals surface area contributed by atoms with E-state index in [1.165, 1.54) is 23.3 Å². The van der Waals surface area contributed by atoms with E-state index in [4.69, 9.17) is 12.2 Å². The number of nitrogens with zero attached hydrogens (tertiary/aromatic N) is 3. The summed E-state index contributed by atoms with van der Waals surface area (Å²) >= 11 is 4.84. The second kappa shape index (κ2) is 3.96. The number of phenols is 1. The van der Waals surface area contributed by atoms with Crippen molar-refractivity contribution in [2.24, 2.45) is 5.10 Å². The van der Waals surface area contributed by atoms with Crippen molar-refractivity contribution in [2.45, 2.75) is 0 Å². The quantitative estimate of drug-likeness (QED) is 0.417. The number of aromatic amines is 2. The summed E-state index contributed by atoms with van der Waals surface area (Å²) in [6.07, 6.45) is 1.54. The van der Waals surface area contributed by atoms with E-state index < -0.39 is 7.05 Å². The van der Waals surface area contributed by atoms with Gasteiger partial charge in [-0.2, -0.15) is 10.1 Å². The summed E-state index contributed by atoms with van der Waals surface area (Å²) in [7, 11) is -0.987. The van der Waals surface area contributed by atoms with Crippen LogP contribution in [0.3, 0.4) is 0 Å². The van der Waals surface area contributed by atoms with Gasteiger partial charge in [0.2, 0.25) is 10.7 Å². The number of hydrogen-bond acceptors (Lipinski definition) is 6. The highest BCUT2D eigenvalue weighted by atomic mass is 32.1. The summed E-state index contributed by atoms with van der Waals surface area (Å²) in [6, 6.07) is 4.67. The number of benzene rings is 1. The lowest BCUT2D eigenvalue weighted by atomic mass is 9.70. The highest BCUT2D eigenvalue weighted by molar-refractivity contribution is 7.71. The molecule has 3 rings (SSSR count). The second-order valence-electron chi connectivity index (χ2n) is 3.77. The monoisotopic (exact) mass is 261 g/mol. The molecule has 0 aliphatic carbocycles. The molecule has 0 spiro atoms. The molecular formula is C9H8BN5O2S. The first-order chi connectivity index (χ1) is 8.65. The average molecular weight is 261 g/mol. The first kappa shape index (κ1) is 11.0. The normalized spacial score (nSPS) is 13.8. The topological polar surface area (TPSA) is 101 Å². The Bertz CT molecular complexity index is 682. The Hall–Kier alpha value is -2.13. The molecule has 0 fully saturated rings. The third kappa shape index (κ3) is 1.69. The molecule has 1 aromatic carbocycles. The molecular weight excluding hydrogens is 253 g/mol. The van der Waals surface area contributed by atoms with Crippen LogP contribution in [0.5, 0.6) is 5.75 Å². The minimum absolute atomic E-state index is 0.125. The summed E-state index contributed by atoms with van der Waals surface area (Å²) in [6.45, 7) is 0. The molecule has 1 aliphatic rings. The van der Waals surface area contributed by atoms with E-state index >= 15 is 0 Å². The van der Waals surface area contributed by atoms with Crippen molar-refractivity contribution in [2.75, 3.05) is 4.92 Å². The number of fused-ring (bicyclic) bond motifs is 1. The number of anilines is 1. The van der Waals surface area contributed by atoms with Crippen molar-refractivity contribution in [3.8, 4) is 5.75 Å². The average Bonchev–Trinajstić information content (AvgIpc) is 2.76. The first-order valence-corrected chi connectivity index (χ1v) is 5.55. The third-order valence-corrected chi connectivity index (χ3v) is 2.80. The Balaban J connectivity index is 2.04. The number of phenolic OH excluding ortho intramolecular Hbond substituents is 1. The predicted molar refractivity (Wildman–Crippen MR) is 69.6 cm³/mol. The van der Waals surface area contributed by atoms with Crippen molar-refractivity contribution >= 4 is 36.9 Å². The maximum absolute atomic E-state index is 10.2. The number of aromatic nitrogens is 3. The smallest absolute Gasteiger partial charge is 0.474 e. The maximum atomic E-state index is 10.2. The summed E-state index contributed by atoms with van der Waals surface area (Å²) in [4.78, 5) is 5.28. The third-order valence-electron chi connectivity index (χ3n) is 2.61. The van der Waals surface area contributed by atoms with Gasteiger partial charge >= 0.3 is 7.05 Å². The number of rotatable bonds is 1. The molecule has 0 saturated heterocycles. The Labute approximate surface area is 107 Å². The molecule has 18 heavy (non-hydrogen) atoms. The molecule has 7 nitrogen and oxygen atoms in total. The molecule has 4 N–H and O–H groups in total. The van der Waals surface area contributed by atoms with Crippen molar-refractivity contribution < 1.29 is 10.1 Å². The number of nitrogens with one attached hydrogen (secondary N) is 2. The largest absolute Gasteiger partial charge is 0.508 e. The highest BCUT2D eigenvalue weighted by Gasteiger charge is 2.31. The fraction of sp³-hybridized carbons (Fsp3) is 0. The zero-order valence-electron chi connectivity index (χ0n) is 9.03. The zero-order chi connectivity index (χ0) is 12.7. The fourth-order valence-electron chi connectivity index (χ4n) is 1.77. The van der Waals surface area contributed by atoms with E-state index in [-0.39, 0.29) is 10.5 Å². The van der Waals surface area contributed by atoms with Crippen LogP contribution < -0.4 is 10.4 Å². The fourth-order valence-corrected chi connectivity index (χ4v) is 1.91. The van der Waals surface area contributed by atoms with Crippen LogP contribution in [-0.2, 0) is 0 Å². The van der Waals surface area contributed by atoms with Gasteiger partial charge in [0, 0.05) is 0 Å². The standard InChI is InChI=1S/C9H8BN5O2S/c16-6-1-2-7-5(3-6)4-11-15(10(7)17)8-12-9(18)14-13-8/h1-4,16-17H,(H2,12,13,14,18). The van der Waals surface area contributed by atoms with Crippen LogP contribution in [0.25, 0.3) is 0 Å². The van der Waals surface area contributed by atoms with E-state index in [1.807, 2.05) is 0 Å². The van der Waals surface area contributed by atoms with E-state index in [9.17, 15) is 10.1 Å². The van der Waals surface area contributed by atoms with Gasteiger partial charge in [-0.05, 0) is 35.4 Å². The summed E-state index contributed by atoms with van der Waals surface area (Å²) in [5.74, 6) is 0.447. The van der Waals surface area contributed by atoms with Gasteiger partial charge in [-0.15, -0.1) is 0 Å². The van der Waals surface area contributed by atoms with Gasteiger partial charge in [-0.1, -0.05) is 6.07 Å². The lowest BCUT2D eigenvalue weighted by Gasteiger charge is -2.23. The molecule has 0 bridgehead atoms. The Morgan fingerprint density at radius 1 is 1.33 bits per heavy atom. The first-order valence-electron chi connectivity index (χ1n) is 5.14. The van der Waals surface area contributed by atoms with Gasteiger partial charge in [0.25, 0.3) is 0 Å². The van der Waals surface area contributed by atoms with Gasteiger partial charge in [-0.25, -0.2) is 4.92 Å². The van der Waals surface area contributed by atoms with Crippen LogP contribution in [0.2, 0.25) is 0 Å². The van der Waals surface area contributed by atoms with Gasteiger partial charge in [0.05, 0.1) is 6.21 Å². The molecule has 90 valence electrons. The molecule has 0 unspecified atom stereocenters. The molecule has 2 heterocycles. The van der Waals surface area contributed by atoms with Gasteiger partial charge in [-0.3, -0.25) is 10.2 Å². The second-order valence-corrected chi connectivity index (χ2v) is 4.15. The lowest BCUT2D eigenvalue weighted by Crippen LogP contribution is -2.50. The molecule has 0 atom stereocenters. The van der Waals surface area contributed by atoms with E-state index in [1.54, 1.807) is 6.07 Å². The van der Waals surface area contributed by atoms with Crippen molar-refractivity contribution in [3.63, 3.8) is 0 Å². The van der Waals surface area contributed by atoms with Crippen molar-refractivity contribution in [3.05, 3.63) is 28.5 Å². The Morgan fingerprint density at radius 2 is 2.17 bits per heavy atom. The summed E-state index contributed by atoms with van der Waals surface area (Å²) in [5.41, 5.74) is 1.29. The summed E-state index contributed by atoms with van der Waals surface area (Å²) < 4.78 is 0.281. The number of hydrazone groups is 1. The van der Waals surface area contributed by atoms with Crippen LogP contribution >= 0.6 is 12.2 Å². The molecule has 0 saturated carbocycles. The van der Waals surface area contributed by atoms with Gasteiger partial charge in [0.15, 0.2) is 0 Å². The van der Waals surface area contributed by atoms with Crippen LogP contribution in [0.1, 0.15) is 5.56 Å². The molecule has 9 heteroatoms. The molecule has 1 aliphatic heterocycles. The van der Waals surface area contributed by atoms with Crippen LogP contribution in [-0.4, -0.2) is 38.6 Å². The Kier molecular flexibility index (Phi) is 2.42. The molecule has 0 radical (unpaired) electrons. The summed E-state index contributed by atoms with van der Waals surface area (Å²) in [5, 5.41) is 29.0. The number of H-pyrrole nitrogens is 2. The molecule has 1 aromatic heterocycles. The van der Waals surface area contributed by atoms with E-state index in [0.717, 1.165) is 0 Å². The minimum Gasteiger partial charge on any atom is -0.508 e. The maximum Gasteiger partial charge on any atom is 0.474 e. The van der Waals surface area contributed by atoms with E-state index in [2.05, 4.69) is 20.3 Å². The number of hydrogen-bond donors (Lipinski definition) is 4. The predicted octanol–water partition coefficient (Wildman–Crippen LogP) is -0.286. The van der Waals surface area contributed by atoms with Crippen LogP contribution in [0.15, 0.2) is 23.3 Å². The SMILES string of the molecule is OB1c2ccc(O)cc2C=NN1c1nc(=S)[nH][nH]1. The van der Waals surface area contributed by atoms with Crippen LogP contribution in [0.4, 0.5) is 5.95 Å². The zero-order valence-corrected chi connectivity index (χ0v) is 9.85. The lowest BCUT2D eigenvalue weighted by molar-refractivity contribution is 0.475. The van der Waals surface area contributed by atoms with Crippen molar-refractivity contribution in [1.29, 1.82) is 0 Å². The van der Waals surface area contributed by atoms with Crippen molar-refractivity contribution in [1.82, 2.24) is 15.2 Å². The molecule has 0 amide bonds. The number of aromatic hydroxyl groups is 1.